The van der Waals surface area contributed by atoms with Gasteiger partial charge in [-0.25, -0.2) is 0 Å². The van der Waals surface area contributed by atoms with Gasteiger partial charge in [-0.15, -0.1) is 0 Å². The summed E-state index contributed by atoms with van der Waals surface area (Å²) in [5.74, 6) is 0.879. The fourth-order valence-corrected chi connectivity index (χ4v) is 2.21. The zero-order valence-electron chi connectivity index (χ0n) is 13.1. The lowest BCUT2D eigenvalue weighted by molar-refractivity contribution is 0.287. The van der Waals surface area contributed by atoms with Crippen LogP contribution in [-0.2, 0) is 0 Å². The molecule has 0 fully saturated rings. The number of anilines is 1. The van der Waals surface area contributed by atoms with E-state index in [4.69, 9.17) is 17.0 Å². The number of aromatic nitrogens is 1. The van der Waals surface area contributed by atoms with E-state index in [9.17, 15) is 0 Å². The molecule has 2 aromatic rings. The van der Waals surface area contributed by atoms with Crippen LogP contribution in [0.3, 0.4) is 0 Å². The van der Waals surface area contributed by atoms with Crippen LogP contribution in [-0.4, -0.2) is 22.7 Å². The van der Waals surface area contributed by atoms with Gasteiger partial charge in [-0.3, -0.25) is 4.98 Å². The number of pyridine rings is 1. The third-order valence-electron chi connectivity index (χ3n) is 3.29. The number of aryl methyl sites for hydroxylation is 2. The monoisotopic (exact) mass is 315 g/mol. The Bertz CT molecular complexity index is 631. The van der Waals surface area contributed by atoms with Crippen molar-refractivity contribution in [2.75, 3.05) is 11.9 Å². The number of rotatable bonds is 5. The molecule has 116 valence electrons. The standard InChI is InChI=1S/C17H21N3OS/c1-12-4-5-16(10-13(12)2)21-11-14(3)19-17(22)20-15-6-8-18-9-7-15/h4-10,14H,11H2,1-3H3,(H2,18,19,20,22). The highest BCUT2D eigenvalue weighted by atomic mass is 32.1. The van der Waals surface area contributed by atoms with Crippen molar-refractivity contribution in [1.29, 1.82) is 0 Å². The minimum Gasteiger partial charge on any atom is -0.491 e. The van der Waals surface area contributed by atoms with Gasteiger partial charge < -0.3 is 15.4 Å². The van der Waals surface area contributed by atoms with Crippen LogP contribution >= 0.6 is 12.2 Å². The SMILES string of the molecule is Cc1ccc(OCC(C)NC(=S)Nc2ccncc2)cc1C. The number of thiocarbonyl (C=S) groups is 1. The van der Waals surface area contributed by atoms with Gasteiger partial charge in [0, 0.05) is 18.1 Å². The highest BCUT2D eigenvalue weighted by Gasteiger charge is 2.06. The highest BCUT2D eigenvalue weighted by Crippen LogP contribution is 2.16. The van der Waals surface area contributed by atoms with Crippen molar-refractivity contribution in [2.45, 2.75) is 26.8 Å². The van der Waals surface area contributed by atoms with Crippen LogP contribution in [0.4, 0.5) is 5.69 Å². The summed E-state index contributed by atoms with van der Waals surface area (Å²) in [6.07, 6.45) is 3.44. The molecule has 4 nitrogen and oxygen atoms in total. The number of nitrogens with zero attached hydrogens (tertiary/aromatic N) is 1. The predicted octanol–water partition coefficient (Wildman–Crippen LogP) is 3.45. The Morgan fingerprint density at radius 1 is 1.18 bits per heavy atom. The van der Waals surface area contributed by atoms with Gasteiger partial charge in [-0.05, 0) is 68.4 Å². The van der Waals surface area contributed by atoms with Crippen molar-refractivity contribution in [3.05, 3.63) is 53.9 Å². The first-order valence-electron chi connectivity index (χ1n) is 7.22. The van der Waals surface area contributed by atoms with Crippen LogP contribution in [0, 0.1) is 13.8 Å². The lowest BCUT2D eigenvalue weighted by Gasteiger charge is -2.18. The summed E-state index contributed by atoms with van der Waals surface area (Å²) in [6.45, 7) is 6.74. The number of hydrogen-bond acceptors (Lipinski definition) is 3. The lowest BCUT2D eigenvalue weighted by Crippen LogP contribution is -2.39. The molecule has 0 aliphatic rings. The van der Waals surface area contributed by atoms with E-state index < -0.39 is 0 Å². The third kappa shape index (κ3) is 5.00. The topological polar surface area (TPSA) is 46.2 Å². The van der Waals surface area contributed by atoms with E-state index >= 15 is 0 Å². The van der Waals surface area contributed by atoms with Crippen LogP contribution in [0.25, 0.3) is 0 Å². The fourth-order valence-electron chi connectivity index (χ4n) is 1.89. The summed E-state index contributed by atoms with van der Waals surface area (Å²) >= 11 is 5.28. The van der Waals surface area contributed by atoms with Crippen LogP contribution in [0.1, 0.15) is 18.1 Å². The molecule has 0 aliphatic heterocycles. The van der Waals surface area contributed by atoms with Crippen molar-refractivity contribution < 1.29 is 4.74 Å². The summed E-state index contributed by atoms with van der Waals surface area (Å²) in [6, 6.07) is 9.94. The van der Waals surface area contributed by atoms with Gasteiger partial charge in [0.25, 0.3) is 0 Å². The van der Waals surface area contributed by atoms with E-state index in [2.05, 4.69) is 41.6 Å². The van der Waals surface area contributed by atoms with Crippen molar-refractivity contribution in [1.82, 2.24) is 10.3 Å². The molecule has 1 aromatic heterocycles. The molecule has 22 heavy (non-hydrogen) atoms. The molecule has 0 saturated heterocycles. The van der Waals surface area contributed by atoms with E-state index in [1.807, 2.05) is 25.1 Å². The maximum atomic E-state index is 5.79. The van der Waals surface area contributed by atoms with E-state index in [0.717, 1.165) is 11.4 Å². The van der Waals surface area contributed by atoms with Crippen molar-refractivity contribution in [2.24, 2.45) is 0 Å². The second kappa shape index (κ2) is 7.75. The first-order valence-corrected chi connectivity index (χ1v) is 7.63. The smallest absolute Gasteiger partial charge is 0.171 e. The zero-order valence-corrected chi connectivity index (χ0v) is 13.9. The Hall–Kier alpha value is -2.14. The summed E-state index contributed by atoms with van der Waals surface area (Å²) in [4.78, 5) is 3.97. The molecule has 5 heteroatoms. The molecule has 2 rings (SSSR count). The van der Waals surface area contributed by atoms with Crippen molar-refractivity contribution >= 4 is 23.0 Å². The molecule has 2 N–H and O–H groups in total. The van der Waals surface area contributed by atoms with E-state index in [-0.39, 0.29) is 6.04 Å². The Kier molecular flexibility index (Phi) is 5.72. The number of ether oxygens (including phenoxy) is 1. The Morgan fingerprint density at radius 3 is 2.59 bits per heavy atom. The Labute approximate surface area is 136 Å². The van der Waals surface area contributed by atoms with E-state index in [1.54, 1.807) is 12.4 Å². The highest BCUT2D eigenvalue weighted by molar-refractivity contribution is 7.80. The fraction of sp³-hybridized carbons (Fsp3) is 0.294. The van der Waals surface area contributed by atoms with Crippen molar-refractivity contribution in [3.8, 4) is 5.75 Å². The second-order valence-corrected chi connectivity index (χ2v) is 5.70. The Morgan fingerprint density at radius 2 is 1.91 bits per heavy atom. The van der Waals surface area contributed by atoms with Crippen LogP contribution < -0.4 is 15.4 Å². The lowest BCUT2D eigenvalue weighted by atomic mass is 10.1. The minimum atomic E-state index is 0.100. The van der Waals surface area contributed by atoms with Crippen LogP contribution in [0.5, 0.6) is 5.75 Å². The van der Waals surface area contributed by atoms with E-state index in [0.29, 0.717) is 11.7 Å². The molecule has 1 atom stereocenters. The van der Waals surface area contributed by atoms with Gasteiger partial charge in [0.1, 0.15) is 12.4 Å². The molecule has 0 saturated carbocycles. The van der Waals surface area contributed by atoms with Gasteiger partial charge in [0.2, 0.25) is 0 Å². The third-order valence-corrected chi connectivity index (χ3v) is 3.51. The Balaban J connectivity index is 1.78. The molecule has 0 aliphatic carbocycles. The molecule has 0 bridgehead atoms. The van der Waals surface area contributed by atoms with Crippen molar-refractivity contribution in [3.63, 3.8) is 0 Å². The first-order chi connectivity index (χ1) is 10.5. The predicted molar refractivity (Wildman–Crippen MR) is 94.5 cm³/mol. The van der Waals surface area contributed by atoms with Gasteiger partial charge >= 0.3 is 0 Å². The van der Waals surface area contributed by atoms with Gasteiger partial charge in [0.05, 0.1) is 6.04 Å². The molecule has 1 unspecified atom stereocenters. The zero-order chi connectivity index (χ0) is 15.9. The molecule has 0 spiro atoms. The quantitative estimate of drug-likeness (QED) is 0.828. The molecule has 1 heterocycles. The normalized spacial score (nSPS) is 11.6. The van der Waals surface area contributed by atoms with Gasteiger partial charge in [-0.2, -0.15) is 0 Å². The van der Waals surface area contributed by atoms with Gasteiger partial charge in [0.15, 0.2) is 5.11 Å². The molecular formula is C17H21N3OS. The second-order valence-electron chi connectivity index (χ2n) is 5.29. The van der Waals surface area contributed by atoms with E-state index in [1.165, 1.54) is 11.1 Å². The largest absolute Gasteiger partial charge is 0.491 e. The van der Waals surface area contributed by atoms with Crippen LogP contribution in [0.15, 0.2) is 42.7 Å². The maximum Gasteiger partial charge on any atom is 0.171 e. The molecular weight excluding hydrogens is 294 g/mol. The number of benzene rings is 1. The number of hydrogen-bond donors (Lipinski definition) is 2. The average molecular weight is 315 g/mol. The number of nitrogens with one attached hydrogen (secondary N) is 2. The average Bonchev–Trinajstić information content (AvgIpc) is 2.49. The summed E-state index contributed by atoms with van der Waals surface area (Å²) in [5, 5.41) is 6.88. The minimum absolute atomic E-state index is 0.100. The molecule has 0 radical (unpaired) electrons. The summed E-state index contributed by atoms with van der Waals surface area (Å²) in [5.41, 5.74) is 3.41. The van der Waals surface area contributed by atoms with Gasteiger partial charge in [-0.1, -0.05) is 6.07 Å². The maximum absolute atomic E-state index is 5.79. The summed E-state index contributed by atoms with van der Waals surface area (Å²) < 4.78 is 5.79. The van der Waals surface area contributed by atoms with Crippen LogP contribution in [0.2, 0.25) is 0 Å². The molecule has 1 aromatic carbocycles. The summed E-state index contributed by atoms with van der Waals surface area (Å²) in [7, 11) is 0. The molecule has 0 amide bonds. The first kappa shape index (κ1) is 16.2.